The van der Waals surface area contributed by atoms with E-state index in [-0.39, 0.29) is 18.8 Å². The Morgan fingerprint density at radius 1 is 1.53 bits per heavy atom. The smallest absolute Gasteiger partial charge is 0.303 e. The Bertz CT molecular complexity index is 271. The second-order valence-corrected chi connectivity index (χ2v) is 4.83. The third kappa shape index (κ3) is 3.40. The maximum absolute atomic E-state index is 10.5. The Morgan fingerprint density at radius 2 is 2.35 bits per heavy atom. The molecule has 2 fully saturated rings. The Morgan fingerprint density at radius 3 is 3.00 bits per heavy atom. The van der Waals surface area contributed by atoms with Gasteiger partial charge in [-0.15, -0.1) is 0 Å². The van der Waals surface area contributed by atoms with E-state index in [1.54, 1.807) is 0 Å². The first-order valence-corrected chi connectivity index (χ1v) is 6.40. The van der Waals surface area contributed by atoms with Gasteiger partial charge in [0.2, 0.25) is 0 Å². The van der Waals surface area contributed by atoms with Crippen molar-refractivity contribution in [3.63, 3.8) is 0 Å². The minimum absolute atomic E-state index is 0.0354. The van der Waals surface area contributed by atoms with Gasteiger partial charge in [-0.25, -0.2) is 0 Å². The van der Waals surface area contributed by atoms with Crippen LogP contribution >= 0.6 is 0 Å². The molecule has 3 unspecified atom stereocenters. The van der Waals surface area contributed by atoms with Crippen molar-refractivity contribution in [2.24, 2.45) is 5.92 Å². The van der Waals surface area contributed by atoms with Gasteiger partial charge in [-0.2, -0.15) is 0 Å². The summed E-state index contributed by atoms with van der Waals surface area (Å²) in [5.74, 6) is -0.320. The Hall–Kier alpha value is -0.650. The summed E-state index contributed by atoms with van der Waals surface area (Å²) in [5, 5.41) is 8.61. The highest BCUT2D eigenvalue weighted by Crippen LogP contribution is 2.28. The third-order valence-electron chi connectivity index (χ3n) is 3.59. The number of rotatable bonds is 5. The number of aliphatic carboxylic acids is 1. The molecular formula is C12H21NO4. The summed E-state index contributed by atoms with van der Waals surface area (Å²) >= 11 is 0. The molecule has 0 saturated carbocycles. The van der Waals surface area contributed by atoms with E-state index in [1.165, 1.54) is 0 Å². The van der Waals surface area contributed by atoms with Crippen LogP contribution in [-0.4, -0.2) is 54.6 Å². The van der Waals surface area contributed by atoms with Gasteiger partial charge < -0.3 is 19.5 Å². The second kappa shape index (κ2) is 5.80. The molecule has 0 aliphatic carbocycles. The number of hydrogen-bond acceptors (Lipinski definition) is 4. The van der Waals surface area contributed by atoms with Crippen molar-refractivity contribution in [3.8, 4) is 0 Å². The molecule has 0 spiro atoms. The molecule has 1 N–H and O–H groups in total. The Labute approximate surface area is 102 Å². The van der Waals surface area contributed by atoms with Gasteiger partial charge in [-0.1, -0.05) is 6.92 Å². The zero-order chi connectivity index (χ0) is 12.3. The fraction of sp³-hybridized carbons (Fsp3) is 0.917. The van der Waals surface area contributed by atoms with Crippen LogP contribution in [-0.2, 0) is 14.3 Å². The van der Waals surface area contributed by atoms with E-state index in [0.29, 0.717) is 18.9 Å². The lowest BCUT2D eigenvalue weighted by atomic mass is 10.1. The minimum atomic E-state index is -0.768. The molecule has 17 heavy (non-hydrogen) atoms. The van der Waals surface area contributed by atoms with Crippen LogP contribution < -0.4 is 0 Å². The molecule has 98 valence electrons. The van der Waals surface area contributed by atoms with Crippen LogP contribution in [0.4, 0.5) is 0 Å². The number of carboxylic acids is 1. The molecule has 3 atom stereocenters. The predicted molar refractivity (Wildman–Crippen MR) is 61.7 cm³/mol. The van der Waals surface area contributed by atoms with Crippen LogP contribution in [0.3, 0.4) is 0 Å². The maximum atomic E-state index is 10.5. The average Bonchev–Trinajstić information content (AvgIpc) is 2.94. The summed E-state index contributed by atoms with van der Waals surface area (Å²) in [4.78, 5) is 12.9. The summed E-state index contributed by atoms with van der Waals surface area (Å²) in [6, 6.07) is 0. The van der Waals surface area contributed by atoms with Crippen LogP contribution in [0, 0.1) is 5.92 Å². The van der Waals surface area contributed by atoms with Crippen LogP contribution in [0.25, 0.3) is 0 Å². The number of nitrogens with zero attached hydrogens (tertiary/aromatic N) is 1. The molecule has 2 aliphatic heterocycles. The van der Waals surface area contributed by atoms with Gasteiger partial charge >= 0.3 is 5.97 Å². The molecular weight excluding hydrogens is 222 g/mol. The number of carbonyl (C=O) groups is 1. The molecule has 2 saturated heterocycles. The monoisotopic (exact) mass is 243 g/mol. The first-order chi connectivity index (χ1) is 8.19. The van der Waals surface area contributed by atoms with Gasteiger partial charge in [0.1, 0.15) is 0 Å². The first-order valence-electron chi connectivity index (χ1n) is 6.40. The van der Waals surface area contributed by atoms with E-state index < -0.39 is 5.97 Å². The second-order valence-electron chi connectivity index (χ2n) is 4.83. The van der Waals surface area contributed by atoms with Crippen LogP contribution in [0.2, 0.25) is 0 Å². The number of ether oxygens (including phenoxy) is 2. The number of likely N-dealkylation sites (tertiary alicyclic amines) is 1. The standard InChI is InChI=1S/C12H21NO4/c1-2-13-6-5-9(7-13)12-16-8-10(17-12)3-4-11(14)15/h9-10,12H,2-8H2,1H3,(H,14,15). The van der Waals surface area contributed by atoms with E-state index in [0.717, 1.165) is 26.1 Å². The third-order valence-corrected chi connectivity index (χ3v) is 3.59. The summed E-state index contributed by atoms with van der Waals surface area (Å²) in [7, 11) is 0. The Kier molecular flexibility index (Phi) is 4.36. The van der Waals surface area contributed by atoms with Crippen molar-refractivity contribution in [2.45, 2.75) is 38.6 Å². The summed E-state index contributed by atoms with van der Waals surface area (Å²) in [6.07, 6.45) is 1.67. The fourth-order valence-corrected chi connectivity index (χ4v) is 2.53. The molecule has 5 heteroatoms. The van der Waals surface area contributed by atoms with Crippen molar-refractivity contribution >= 4 is 5.97 Å². The van der Waals surface area contributed by atoms with Crippen LogP contribution in [0.15, 0.2) is 0 Å². The molecule has 2 heterocycles. The fourth-order valence-electron chi connectivity index (χ4n) is 2.53. The zero-order valence-electron chi connectivity index (χ0n) is 10.3. The van der Waals surface area contributed by atoms with Gasteiger partial charge in [-0.05, 0) is 25.9 Å². The molecule has 0 radical (unpaired) electrons. The van der Waals surface area contributed by atoms with Gasteiger partial charge in [-0.3, -0.25) is 4.79 Å². The van der Waals surface area contributed by atoms with Crippen molar-refractivity contribution in [1.82, 2.24) is 4.90 Å². The molecule has 5 nitrogen and oxygen atoms in total. The summed E-state index contributed by atoms with van der Waals surface area (Å²) in [5.41, 5.74) is 0. The van der Waals surface area contributed by atoms with Crippen molar-refractivity contribution in [1.29, 1.82) is 0 Å². The molecule has 2 rings (SSSR count). The lowest BCUT2D eigenvalue weighted by Gasteiger charge is -2.18. The molecule has 0 bridgehead atoms. The van der Waals surface area contributed by atoms with E-state index in [9.17, 15) is 4.79 Å². The van der Waals surface area contributed by atoms with E-state index in [4.69, 9.17) is 14.6 Å². The van der Waals surface area contributed by atoms with Crippen molar-refractivity contribution < 1.29 is 19.4 Å². The van der Waals surface area contributed by atoms with Gasteiger partial charge in [0.05, 0.1) is 12.7 Å². The SMILES string of the molecule is CCN1CCC(C2OCC(CCC(=O)O)O2)C1. The zero-order valence-corrected chi connectivity index (χ0v) is 10.3. The highest BCUT2D eigenvalue weighted by atomic mass is 16.7. The molecule has 0 amide bonds. The van der Waals surface area contributed by atoms with E-state index in [2.05, 4.69) is 11.8 Å². The van der Waals surface area contributed by atoms with Gasteiger partial charge in [0.25, 0.3) is 0 Å². The molecule has 2 aliphatic rings. The molecule has 0 aromatic carbocycles. The quantitative estimate of drug-likeness (QED) is 0.778. The normalized spacial score (nSPS) is 34.3. The average molecular weight is 243 g/mol. The highest BCUT2D eigenvalue weighted by Gasteiger charge is 2.36. The molecule has 0 aromatic rings. The maximum Gasteiger partial charge on any atom is 0.303 e. The lowest BCUT2D eigenvalue weighted by molar-refractivity contribution is -0.138. The van der Waals surface area contributed by atoms with E-state index >= 15 is 0 Å². The largest absolute Gasteiger partial charge is 0.481 e. The summed E-state index contributed by atoms with van der Waals surface area (Å²) < 4.78 is 11.4. The van der Waals surface area contributed by atoms with Crippen molar-refractivity contribution in [2.75, 3.05) is 26.2 Å². The highest BCUT2D eigenvalue weighted by molar-refractivity contribution is 5.66. The predicted octanol–water partition coefficient (Wildman–Crippen LogP) is 0.934. The van der Waals surface area contributed by atoms with E-state index in [1.807, 2.05) is 0 Å². The van der Waals surface area contributed by atoms with Crippen molar-refractivity contribution in [3.05, 3.63) is 0 Å². The van der Waals surface area contributed by atoms with Gasteiger partial charge in [0, 0.05) is 18.9 Å². The summed E-state index contributed by atoms with van der Waals surface area (Å²) in [6.45, 7) is 5.93. The number of carboxylic acid groups (broad SMARTS) is 1. The van der Waals surface area contributed by atoms with Crippen LogP contribution in [0.5, 0.6) is 0 Å². The lowest BCUT2D eigenvalue weighted by Crippen LogP contribution is -2.27. The topological polar surface area (TPSA) is 59.0 Å². The number of hydrogen-bond donors (Lipinski definition) is 1. The molecule has 0 aromatic heterocycles. The Balaban J connectivity index is 1.72. The first kappa shape index (κ1) is 12.8. The van der Waals surface area contributed by atoms with Crippen LogP contribution in [0.1, 0.15) is 26.2 Å². The minimum Gasteiger partial charge on any atom is -0.481 e. The van der Waals surface area contributed by atoms with Gasteiger partial charge in [0.15, 0.2) is 6.29 Å².